The van der Waals surface area contributed by atoms with Crippen LogP contribution >= 0.6 is 23.8 Å². The summed E-state index contributed by atoms with van der Waals surface area (Å²) in [6.07, 6.45) is 1.78. The fraction of sp³-hybridized carbons (Fsp3) is 0. The summed E-state index contributed by atoms with van der Waals surface area (Å²) < 4.78 is 2.40. The first kappa shape index (κ1) is 14.1. The minimum Gasteiger partial charge on any atom is -0.268 e. The van der Waals surface area contributed by atoms with Gasteiger partial charge in [0.05, 0.1) is 11.2 Å². The van der Waals surface area contributed by atoms with E-state index in [4.69, 9.17) is 23.8 Å². The second-order valence-corrected chi connectivity index (χ2v) is 5.90. The molecule has 112 valence electrons. The lowest BCUT2D eigenvalue weighted by molar-refractivity contribution is 1.04. The predicted molar refractivity (Wildman–Crippen MR) is 94.5 cm³/mol. The van der Waals surface area contributed by atoms with E-state index in [2.05, 4.69) is 15.2 Å². The molecule has 0 bridgehead atoms. The van der Waals surface area contributed by atoms with Crippen molar-refractivity contribution >= 4 is 34.7 Å². The number of H-pyrrole nitrogens is 1. The third kappa shape index (κ3) is 2.54. The Kier molecular flexibility index (Phi) is 3.44. The molecular formula is C17H11ClN4S. The third-order valence-electron chi connectivity index (χ3n) is 3.60. The summed E-state index contributed by atoms with van der Waals surface area (Å²) in [5.74, 6) is 0.739. The lowest BCUT2D eigenvalue weighted by atomic mass is 10.1. The predicted octanol–water partition coefficient (Wildman–Crippen LogP) is 4.80. The second-order valence-electron chi connectivity index (χ2n) is 5.08. The zero-order valence-corrected chi connectivity index (χ0v) is 13.5. The standard InChI is InChI=1S/C17H11ClN4S/c18-13-4-1-5-14(10-13)22-16(20-21-17(22)23)12-6-7-15-11(9-12)3-2-8-19-15/h1-10H,(H,21,23). The summed E-state index contributed by atoms with van der Waals surface area (Å²) in [5, 5.41) is 8.94. The molecule has 0 spiro atoms. The zero-order chi connectivity index (χ0) is 15.8. The topological polar surface area (TPSA) is 46.5 Å². The van der Waals surface area contributed by atoms with Crippen LogP contribution in [0.5, 0.6) is 0 Å². The summed E-state index contributed by atoms with van der Waals surface area (Å²) in [6.45, 7) is 0. The van der Waals surface area contributed by atoms with Crippen LogP contribution in [0.3, 0.4) is 0 Å². The minimum absolute atomic E-state index is 0.522. The van der Waals surface area contributed by atoms with Crippen LogP contribution in [-0.2, 0) is 0 Å². The van der Waals surface area contributed by atoms with Crippen LogP contribution in [0.4, 0.5) is 0 Å². The number of nitrogens with zero attached hydrogens (tertiary/aromatic N) is 3. The molecule has 0 aliphatic rings. The number of pyridine rings is 1. The first-order valence-electron chi connectivity index (χ1n) is 7.01. The maximum absolute atomic E-state index is 6.10. The maximum atomic E-state index is 6.10. The smallest absolute Gasteiger partial charge is 0.200 e. The minimum atomic E-state index is 0.522. The molecule has 0 atom stereocenters. The molecule has 4 nitrogen and oxygen atoms in total. The number of hydrogen-bond acceptors (Lipinski definition) is 3. The van der Waals surface area contributed by atoms with Crippen molar-refractivity contribution in [2.75, 3.05) is 0 Å². The van der Waals surface area contributed by atoms with Gasteiger partial charge in [-0.05, 0) is 54.7 Å². The van der Waals surface area contributed by atoms with Crippen molar-refractivity contribution in [3.8, 4) is 17.1 Å². The lowest BCUT2D eigenvalue weighted by Gasteiger charge is -2.08. The van der Waals surface area contributed by atoms with Crippen molar-refractivity contribution in [1.82, 2.24) is 19.7 Å². The normalized spacial score (nSPS) is 11.0. The van der Waals surface area contributed by atoms with E-state index in [9.17, 15) is 0 Å². The van der Waals surface area contributed by atoms with Crippen molar-refractivity contribution < 1.29 is 0 Å². The van der Waals surface area contributed by atoms with Gasteiger partial charge in [-0.15, -0.1) is 0 Å². The number of halogens is 1. The van der Waals surface area contributed by atoms with Crippen molar-refractivity contribution in [1.29, 1.82) is 0 Å². The van der Waals surface area contributed by atoms with Gasteiger partial charge >= 0.3 is 0 Å². The van der Waals surface area contributed by atoms with Crippen molar-refractivity contribution in [2.45, 2.75) is 0 Å². The van der Waals surface area contributed by atoms with Crippen LogP contribution in [0.15, 0.2) is 60.8 Å². The molecule has 0 amide bonds. The molecule has 2 aromatic carbocycles. The summed E-state index contributed by atoms with van der Waals surface area (Å²) in [5.41, 5.74) is 2.77. The molecule has 1 N–H and O–H groups in total. The van der Waals surface area contributed by atoms with Crippen molar-refractivity contribution in [3.63, 3.8) is 0 Å². The summed E-state index contributed by atoms with van der Waals surface area (Å²) in [4.78, 5) is 4.34. The SMILES string of the molecule is S=c1[nH]nc(-c2ccc3ncccc3c2)n1-c1cccc(Cl)c1. The molecule has 4 aromatic rings. The first-order valence-corrected chi connectivity index (χ1v) is 7.79. The van der Waals surface area contributed by atoms with E-state index < -0.39 is 0 Å². The highest BCUT2D eigenvalue weighted by molar-refractivity contribution is 7.71. The number of nitrogens with one attached hydrogen (secondary N) is 1. The van der Waals surface area contributed by atoms with Gasteiger partial charge in [-0.25, -0.2) is 0 Å². The van der Waals surface area contributed by atoms with Gasteiger partial charge in [0.25, 0.3) is 0 Å². The Labute approximate surface area is 142 Å². The van der Waals surface area contributed by atoms with Gasteiger partial charge in [-0.2, -0.15) is 5.10 Å². The van der Waals surface area contributed by atoms with Crippen LogP contribution in [-0.4, -0.2) is 19.7 Å². The highest BCUT2D eigenvalue weighted by Gasteiger charge is 2.11. The molecule has 0 radical (unpaired) electrons. The van der Waals surface area contributed by atoms with E-state index in [1.165, 1.54) is 0 Å². The molecule has 0 saturated carbocycles. The number of rotatable bonds is 2. The number of aromatic nitrogens is 4. The molecule has 0 fully saturated rings. The van der Waals surface area contributed by atoms with E-state index in [-0.39, 0.29) is 0 Å². The van der Waals surface area contributed by atoms with Crippen molar-refractivity contribution in [2.24, 2.45) is 0 Å². The Morgan fingerprint density at radius 1 is 1.04 bits per heavy atom. The first-order chi connectivity index (χ1) is 11.2. The molecule has 0 saturated heterocycles. The molecular weight excluding hydrogens is 328 g/mol. The molecule has 23 heavy (non-hydrogen) atoms. The molecule has 0 unspecified atom stereocenters. The molecule has 2 heterocycles. The average molecular weight is 339 g/mol. The summed E-state index contributed by atoms with van der Waals surface area (Å²) in [6, 6.07) is 17.5. The maximum Gasteiger partial charge on any atom is 0.200 e. The number of aromatic amines is 1. The van der Waals surface area contributed by atoms with Crippen LogP contribution in [0, 0.1) is 4.77 Å². The van der Waals surface area contributed by atoms with Gasteiger partial charge < -0.3 is 0 Å². The quantitative estimate of drug-likeness (QED) is 0.534. The summed E-state index contributed by atoms with van der Waals surface area (Å²) >= 11 is 11.5. The Morgan fingerprint density at radius 2 is 1.96 bits per heavy atom. The van der Waals surface area contributed by atoms with Gasteiger partial charge in [0.1, 0.15) is 0 Å². The lowest BCUT2D eigenvalue weighted by Crippen LogP contribution is -1.97. The zero-order valence-electron chi connectivity index (χ0n) is 11.9. The second kappa shape index (κ2) is 5.61. The van der Waals surface area contributed by atoms with Gasteiger partial charge in [0.15, 0.2) is 10.6 Å². The number of fused-ring (bicyclic) bond motifs is 1. The fourth-order valence-electron chi connectivity index (χ4n) is 2.56. The van der Waals surface area contributed by atoms with Crippen molar-refractivity contribution in [3.05, 3.63) is 70.6 Å². The van der Waals surface area contributed by atoms with Crippen LogP contribution in [0.1, 0.15) is 0 Å². The Morgan fingerprint density at radius 3 is 2.83 bits per heavy atom. The van der Waals surface area contributed by atoms with Gasteiger partial charge in [0.2, 0.25) is 0 Å². The van der Waals surface area contributed by atoms with Crippen LogP contribution in [0.2, 0.25) is 5.02 Å². The van der Waals surface area contributed by atoms with E-state index in [0.717, 1.165) is 28.0 Å². The molecule has 2 aromatic heterocycles. The molecule has 0 aliphatic heterocycles. The fourth-order valence-corrected chi connectivity index (χ4v) is 2.98. The monoisotopic (exact) mass is 338 g/mol. The molecule has 0 aliphatic carbocycles. The molecule has 4 rings (SSSR count). The summed E-state index contributed by atoms with van der Waals surface area (Å²) in [7, 11) is 0. The van der Waals surface area contributed by atoms with E-state index in [1.807, 2.05) is 59.2 Å². The highest BCUT2D eigenvalue weighted by atomic mass is 35.5. The largest absolute Gasteiger partial charge is 0.268 e. The Bertz CT molecular complexity index is 1070. The average Bonchev–Trinajstić information content (AvgIpc) is 2.96. The highest BCUT2D eigenvalue weighted by Crippen LogP contribution is 2.25. The number of benzene rings is 2. The van der Waals surface area contributed by atoms with Gasteiger partial charge in [0, 0.05) is 22.2 Å². The van der Waals surface area contributed by atoms with Gasteiger partial charge in [-0.3, -0.25) is 14.6 Å². The van der Waals surface area contributed by atoms with E-state index in [0.29, 0.717) is 9.79 Å². The molecule has 6 heteroatoms. The van der Waals surface area contributed by atoms with E-state index >= 15 is 0 Å². The Hall–Kier alpha value is -2.50. The van der Waals surface area contributed by atoms with E-state index in [1.54, 1.807) is 6.20 Å². The van der Waals surface area contributed by atoms with Crippen LogP contribution < -0.4 is 0 Å². The third-order valence-corrected chi connectivity index (χ3v) is 4.11. The van der Waals surface area contributed by atoms with Crippen LogP contribution in [0.25, 0.3) is 28.0 Å². The Balaban J connectivity index is 1.94. The number of hydrogen-bond donors (Lipinski definition) is 1. The van der Waals surface area contributed by atoms with Gasteiger partial charge in [-0.1, -0.05) is 23.7 Å².